The van der Waals surface area contributed by atoms with Gasteiger partial charge < -0.3 is 10.2 Å². The highest BCUT2D eigenvalue weighted by molar-refractivity contribution is 7.80. The first-order valence-corrected chi connectivity index (χ1v) is 11.5. The average molecular weight is 443 g/mol. The zero-order valence-electron chi connectivity index (χ0n) is 17.6. The van der Waals surface area contributed by atoms with Crippen molar-refractivity contribution in [2.75, 3.05) is 52.4 Å². The Morgan fingerprint density at radius 1 is 0.871 bits per heavy atom. The predicted molar refractivity (Wildman–Crippen MR) is 122 cm³/mol. The summed E-state index contributed by atoms with van der Waals surface area (Å²) < 4.78 is 27.5. The Balaban J connectivity index is 1.25. The van der Waals surface area contributed by atoms with E-state index in [9.17, 15) is 8.78 Å². The van der Waals surface area contributed by atoms with Crippen LogP contribution in [-0.2, 0) is 0 Å². The van der Waals surface area contributed by atoms with Gasteiger partial charge in [-0.2, -0.15) is 0 Å². The van der Waals surface area contributed by atoms with Crippen LogP contribution in [0, 0.1) is 11.6 Å². The lowest BCUT2D eigenvalue weighted by molar-refractivity contribution is 0.0921. The maximum atomic E-state index is 14.1. The Hall–Kier alpha value is -2.09. The standard InChI is InChI=1S/C24H28F2N4S/c25-18-3-1-17(2-4-18)21-16-23(20-6-5-19(26)15-22(20)21)29-12-9-28(10-13-29)11-14-30-8-7-27-24(30)31/h1-6,15,21,23H,7-14,16H2,(H,27,31)/t21-,23+/m1/s1. The summed E-state index contributed by atoms with van der Waals surface area (Å²) in [5.74, 6) is -0.331. The zero-order valence-corrected chi connectivity index (χ0v) is 18.4. The molecule has 2 atom stereocenters. The summed E-state index contributed by atoms with van der Waals surface area (Å²) in [5.41, 5.74) is 3.33. The minimum Gasteiger partial charge on any atom is -0.361 e. The lowest BCUT2D eigenvalue weighted by Crippen LogP contribution is -2.49. The first-order chi connectivity index (χ1) is 15.1. The second kappa shape index (κ2) is 8.81. The van der Waals surface area contributed by atoms with Crippen molar-refractivity contribution >= 4 is 17.3 Å². The Labute approximate surface area is 187 Å². The number of rotatable bonds is 5. The van der Waals surface area contributed by atoms with Gasteiger partial charge in [-0.25, -0.2) is 8.78 Å². The molecule has 7 heteroatoms. The largest absolute Gasteiger partial charge is 0.361 e. The first kappa shape index (κ1) is 20.8. The Kier molecular flexibility index (Phi) is 5.91. The van der Waals surface area contributed by atoms with Crippen LogP contribution in [0.2, 0.25) is 0 Å². The summed E-state index contributed by atoms with van der Waals surface area (Å²) >= 11 is 5.34. The van der Waals surface area contributed by atoms with Crippen molar-refractivity contribution in [3.05, 3.63) is 70.8 Å². The second-order valence-electron chi connectivity index (χ2n) is 8.73. The van der Waals surface area contributed by atoms with Crippen molar-refractivity contribution in [1.29, 1.82) is 0 Å². The van der Waals surface area contributed by atoms with Gasteiger partial charge in [0, 0.05) is 64.3 Å². The fraction of sp³-hybridized carbons (Fsp3) is 0.458. The Bertz CT molecular complexity index is 943. The normalized spacial score (nSPS) is 24.5. The molecule has 5 rings (SSSR count). The molecule has 31 heavy (non-hydrogen) atoms. The van der Waals surface area contributed by atoms with Crippen LogP contribution in [-0.4, -0.2) is 72.2 Å². The molecule has 0 saturated carbocycles. The SMILES string of the molecule is Fc1ccc([C@H]2C[C@H](N3CCN(CCN4CCNC4=S)CC3)c3ccc(F)cc32)cc1. The minimum atomic E-state index is -0.237. The van der Waals surface area contributed by atoms with Gasteiger partial charge in [0.1, 0.15) is 11.6 Å². The molecule has 0 radical (unpaired) electrons. The van der Waals surface area contributed by atoms with Crippen LogP contribution in [0.3, 0.4) is 0 Å². The van der Waals surface area contributed by atoms with E-state index in [1.807, 2.05) is 18.2 Å². The number of benzene rings is 2. The average Bonchev–Trinajstić information content (AvgIpc) is 3.36. The lowest BCUT2D eigenvalue weighted by Gasteiger charge is -2.39. The first-order valence-electron chi connectivity index (χ1n) is 11.1. The highest BCUT2D eigenvalue weighted by atomic mass is 32.1. The lowest BCUT2D eigenvalue weighted by atomic mass is 9.93. The molecule has 2 aromatic rings. The van der Waals surface area contributed by atoms with Crippen LogP contribution in [0.4, 0.5) is 8.78 Å². The number of hydrogen-bond acceptors (Lipinski definition) is 3. The summed E-state index contributed by atoms with van der Waals surface area (Å²) in [6.45, 7) is 8.01. The summed E-state index contributed by atoms with van der Waals surface area (Å²) in [6.07, 6.45) is 0.915. The molecule has 0 aromatic heterocycles. The number of hydrogen-bond donors (Lipinski definition) is 1. The highest BCUT2D eigenvalue weighted by Crippen LogP contribution is 2.47. The van der Waals surface area contributed by atoms with Crippen molar-refractivity contribution < 1.29 is 8.78 Å². The van der Waals surface area contributed by atoms with Gasteiger partial charge in [-0.1, -0.05) is 18.2 Å². The van der Waals surface area contributed by atoms with Crippen LogP contribution in [0.15, 0.2) is 42.5 Å². The zero-order chi connectivity index (χ0) is 21.4. The van der Waals surface area contributed by atoms with Gasteiger partial charge in [0.25, 0.3) is 0 Å². The monoisotopic (exact) mass is 442 g/mol. The van der Waals surface area contributed by atoms with E-state index >= 15 is 0 Å². The maximum Gasteiger partial charge on any atom is 0.169 e. The van der Waals surface area contributed by atoms with Gasteiger partial charge in [0.15, 0.2) is 5.11 Å². The smallest absolute Gasteiger partial charge is 0.169 e. The molecule has 0 bridgehead atoms. The van der Waals surface area contributed by atoms with Crippen molar-refractivity contribution in [3.63, 3.8) is 0 Å². The van der Waals surface area contributed by atoms with Crippen LogP contribution in [0.5, 0.6) is 0 Å². The summed E-state index contributed by atoms with van der Waals surface area (Å²) in [5, 5.41) is 4.09. The van der Waals surface area contributed by atoms with Crippen molar-refractivity contribution in [2.24, 2.45) is 0 Å². The molecule has 0 amide bonds. The van der Waals surface area contributed by atoms with Crippen molar-refractivity contribution in [3.8, 4) is 0 Å². The number of halogens is 2. The van der Waals surface area contributed by atoms with Crippen LogP contribution in [0.1, 0.15) is 35.1 Å². The number of nitrogens with one attached hydrogen (secondary N) is 1. The van der Waals surface area contributed by atoms with E-state index in [2.05, 4.69) is 20.0 Å². The molecular weight excluding hydrogens is 414 g/mol. The molecular formula is C24H28F2N4S. The van der Waals surface area contributed by atoms with Gasteiger partial charge in [-0.15, -0.1) is 0 Å². The third-order valence-electron chi connectivity index (χ3n) is 6.99. The van der Waals surface area contributed by atoms with Gasteiger partial charge in [0.05, 0.1) is 0 Å². The van der Waals surface area contributed by atoms with Crippen LogP contribution >= 0.6 is 12.2 Å². The second-order valence-corrected chi connectivity index (χ2v) is 9.11. The van der Waals surface area contributed by atoms with E-state index in [1.54, 1.807) is 12.1 Å². The summed E-state index contributed by atoms with van der Waals surface area (Å²) in [6, 6.07) is 12.2. The van der Waals surface area contributed by atoms with E-state index < -0.39 is 0 Å². The summed E-state index contributed by atoms with van der Waals surface area (Å²) in [7, 11) is 0. The van der Waals surface area contributed by atoms with Crippen LogP contribution in [0.25, 0.3) is 0 Å². The van der Waals surface area contributed by atoms with E-state index in [1.165, 1.54) is 17.7 Å². The third kappa shape index (κ3) is 4.31. The van der Waals surface area contributed by atoms with E-state index in [0.717, 1.165) is 75.0 Å². The molecule has 1 aliphatic carbocycles. The molecule has 2 fully saturated rings. The Morgan fingerprint density at radius 2 is 1.61 bits per heavy atom. The van der Waals surface area contributed by atoms with Crippen molar-refractivity contribution in [1.82, 2.24) is 20.0 Å². The molecule has 0 spiro atoms. The predicted octanol–water partition coefficient (Wildman–Crippen LogP) is 3.35. The summed E-state index contributed by atoms with van der Waals surface area (Å²) in [4.78, 5) is 7.30. The minimum absolute atomic E-state index is 0.109. The molecule has 0 unspecified atom stereocenters. The van der Waals surface area contributed by atoms with E-state index in [0.29, 0.717) is 0 Å². The van der Waals surface area contributed by atoms with Gasteiger partial charge >= 0.3 is 0 Å². The number of thiocarbonyl (C=S) groups is 1. The topological polar surface area (TPSA) is 21.8 Å². The molecule has 164 valence electrons. The molecule has 2 saturated heterocycles. The fourth-order valence-electron chi connectivity index (χ4n) is 5.27. The number of nitrogens with zero attached hydrogens (tertiary/aromatic N) is 3. The highest BCUT2D eigenvalue weighted by Gasteiger charge is 2.36. The molecule has 2 aliphatic heterocycles. The van der Waals surface area contributed by atoms with E-state index in [-0.39, 0.29) is 23.6 Å². The van der Waals surface area contributed by atoms with Gasteiger partial charge in [-0.3, -0.25) is 9.80 Å². The Morgan fingerprint density at radius 3 is 2.32 bits per heavy atom. The molecule has 2 heterocycles. The quantitative estimate of drug-likeness (QED) is 0.715. The molecule has 4 nitrogen and oxygen atoms in total. The molecule has 3 aliphatic rings. The molecule has 1 N–H and O–H groups in total. The maximum absolute atomic E-state index is 14.1. The fourth-order valence-corrected chi connectivity index (χ4v) is 5.55. The van der Waals surface area contributed by atoms with Crippen molar-refractivity contribution in [2.45, 2.75) is 18.4 Å². The third-order valence-corrected chi connectivity index (χ3v) is 7.40. The van der Waals surface area contributed by atoms with Gasteiger partial charge in [-0.05, 0) is 59.6 Å². The van der Waals surface area contributed by atoms with E-state index in [4.69, 9.17) is 12.2 Å². The van der Waals surface area contributed by atoms with Gasteiger partial charge in [0.2, 0.25) is 0 Å². The molecule has 2 aromatic carbocycles. The number of fused-ring (bicyclic) bond motifs is 1. The van der Waals surface area contributed by atoms with Crippen LogP contribution < -0.4 is 5.32 Å². The number of piperazine rings is 1.